The van der Waals surface area contributed by atoms with Crippen LogP contribution in [0.5, 0.6) is 0 Å². The molecule has 1 fully saturated rings. The molecule has 2 atom stereocenters. The second-order valence-corrected chi connectivity index (χ2v) is 9.38. The number of anilines is 1. The molecule has 0 aromatic heterocycles. The molecule has 1 heterocycles. The monoisotopic (exact) mass is 412 g/mol. The van der Waals surface area contributed by atoms with Gasteiger partial charge in [0.25, 0.3) is 0 Å². The molecule has 21 heavy (non-hydrogen) atoms. The lowest BCUT2D eigenvalue weighted by molar-refractivity contribution is -0.119. The van der Waals surface area contributed by atoms with Gasteiger partial charge in [0.1, 0.15) is 0 Å². The second-order valence-electron chi connectivity index (χ2n) is 4.74. The molecular weight excluding hydrogens is 400 g/mol. The van der Waals surface area contributed by atoms with Crippen molar-refractivity contribution < 1.29 is 13.2 Å². The topological polar surface area (TPSA) is 89.3 Å². The van der Waals surface area contributed by atoms with Crippen molar-refractivity contribution in [1.82, 2.24) is 5.32 Å². The van der Waals surface area contributed by atoms with Crippen molar-refractivity contribution in [2.45, 2.75) is 16.3 Å². The molecule has 9 heteroatoms. The lowest BCUT2D eigenvalue weighted by Crippen LogP contribution is -2.41. The minimum atomic E-state index is -3.15. The number of carbonyl (C=O) groups excluding carboxylic acids is 1. The summed E-state index contributed by atoms with van der Waals surface area (Å²) in [6.45, 7) is 0. The molecule has 2 unspecified atom stereocenters. The molecule has 0 saturated carbocycles. The highest BCUT2D eigenvalue weighted by molar-refractivity contribution is 9.10. The van der Waals surface area contributed by atoms with Crippen LogP contribution < -0.4 is 11.1 Å². The highest BCUT2D eigenvalue weighted by Gasteiger charge is 2.37. The van der Waals surface area contributed by atoms with Gasteiger partial charge in [0, 0.05) is 15.1 Å². The fourth-order valence-electron chi connectivity index (χ4n) is 1.96. The van der Waals surface area contributed by atoms with E-state index in [4.69, 9.17) is 17.3 Å². The first-order chi connectivity index (χ1) is 9.77. The Morgan fingerprint density at radius 1 is 1.48 bits per heavy atom. The number of sulfone groups is 1. The number of nitrogen functional groups attached to an aromatic ring is 1. The van der Waals surface area contributed by atoms with Gasteiger partial charge in [-0.2, -0.15) is 0 Å². The van der Waals surface area contributed by atoms with Gasteiger partial charge in [-0.05, 0) is 18.2 Å². The zero-order valence-corrected chi connectivity index (χ0v) is 14.9. The number of alkyl halides is 1. The number of hydrogen-bond donors (Lipinski definition) is 2. The van der Waals surface area contributed by atoms with Crippen molar-refractivity contribution in [2.75, 3.05) is 23.0 Å². The lowest BCUT2D eigenvalue weighted by atomic mass is 10.2. The van der Waals surface area contributed by atoms with Crippen LogP contribution in [0.4, 0.5) is 5.69 Å². The highest BCUT2D eigenvalue weighted by atomic mass is 79.9. The maximum absolute atomic E-state index is 11.9. The third kappa shape index (κ3) is 4.77. The molecule has 0 radical (unpaired) electrons. The van der Waals surface area contributed by atoms with Crippen molar-refractivity contribution >= 4 is 60.7 Å². The van der Waals surface area contributed by atoms with Crippen LogP contribution in [0.2, 0.25) is 0 Å². The quantitative estimate of drug-likeness (QED) is 0.445. The Labute approximate surface area is 141 Å². The van der Waals surface area contributed by atoms with E-state index in [0.717, 1.165) is 9.37 Å². The Balaban J connectivity index is 1.90. The molecule has 1 aromatic carbocycles. The molecule has 1 amide bonds. The average Bonchev–Trinajstić information content (AvgIpc) is 2.63. The molecule has 2 rings (SSSR count). The fraction of sp³-hybridized carbons (Fsp3) is 0.417. The van der Waals surface area contributed by atoms with Crippen LogP contribution in [0.1, 0.15) is 0 Å². The first kappa shape index (κ1) is 16.9. The van der Waals surface area contributed by atoms with Crippen molar-refractivity contribution in [3.8, 4) is 0 Å². The molecule has 1 aliphatic heterocycles. The largest absolute Gasteiger partial charge is 0.398 e. The minimum Gasteiger partial charge on any atom is -0.398 e. The van der Waals surface area contributed by atoms with Gasteiger partial charge < -0.3 is 11.1 Å². The number of thioether (sulfide) groups is 1. The third-order valence-corrected chi connectivity index (χ3v) is 6.90. The van der Waals surface area contributed by atoms with Crippen LogP contribution in [0.25, 0.3) is 0 Å². The highest BCUT2D eigenvalue weighted by Crippen LogP contribution is 2.28. The average molecular weight is 414 g/mol. The number of nitrogens with two attached hydrogens (primary N) is 1. The van der Waals surface area contributed by atoms with E-state index in [1.807, 2.05) is 12.1 Å². The molecule has 0 spiro atoms. The SMILES string of the molecule is Nc1ccc(Br)cc1SCC(=O)NC1CS(=O)(=O)CC1Cl. The third-order valence-electron chi connectivity index (χ3n) is 2.96. The van der Waals surface area contributed by atoms with Gasteiger partial charge in [0.05, 0.1) is 28.7 Å². The number of rotatable bonds is 4. The Bertz CT molecular complexity index is 654. The van der Waals surface area contributed by atoms with Gasteiger partial charge in [0.15, 0.2) is 9.84 Å². The van der Waals surface area contributed by atoms with E-state index in [2.05, 4.69) is 21.2 Å². The van der Waals surface area contributed by atoms with Crippen molar-refractivity contribution in [1.29, 1.82) is 0 Å². The Morgan fingerprint density at radius 3 is 2.81 bits per heavy atom. The summed E-state index contributed by atoms with van der Waals surface area (Å²) in [6, 6.07) is 4.88. The zero-order chi connectivity index (χ0) is 15.6. The van der Waals surface area contributed by atoms with Crippen LogP contribution in [0.3, 0.4) is 0 Å². The second kappa shape index (κ2) is 6.76. The van der Waals surface area contributed by atoms with E-state index in [9.17, 15) is 13.2 Å². The summed E-state index contributed by atoms with van der Waals surface area (Å²) in [5.74, 6) is -0.296. The number of nitrogens with one attached hydrogen (secondary N) is 1. The van der Waals surface area contributed by atoms with Gasteiger partial charge in [-0.15, -0.1) is 23.4 Å². The Kier molecular flexibility index (Phi) is 5.45. The van der Waals surface area contributed by atoms with Crippen LogP contribution in [-0.2, 0) is 14.6 Å². The molecule has 1 aromatic rings. The Hall–Kier alpha value is -0.440. The van der Waals surface area contributed by atoms with E-state index in [-0.39, 0.29) is 23.2 Å². The predicted molar refractivity (Wildman–Crippen MR) is 89.5 cm³/mol. The molecule has 0 aliphatic carbocycles. The maximum atomic E-state index is 11.9. The van der Waals surface area contributed by atoms with E-state index in [1.165, 1.54) is 11.8 Å². The molecule has 5 nitrogen and oxygen atoms in total. The van der Waals surface area contributed by atoms with Crippen molar-refractivity contribution in [3.63, 3.8) is 0 Å². The number of benzene rings is 1. The molecule has 1 aliphatic rings. The normalized spacial score (nSPS) is 23.9. The van der Waals surface area contributed by atoms with Gasteiger partial charge >= 0.3 is 0 Å². The van der Waals surface area contributed by atoms with Gasteiger partial charge in [-0.25, -0.2) is 8.42 Å². The zero-order valence-electron chi connectivity index (χ0n) is 10.9. The molecule has 0 bridgehead atoms. The standard InChI is InChI=1S/C12H14BrClN2O3S2/c13-7-1-2-9(15)11(3-7)20-4-12(17)16-10-6-21(18,19)5-8(10)14/h1-3,8,10H,4-6,15H2,(H,16,17). The maximum Gasteiger partial charge on any atom is 0.230 e. The summed E-state index contributed by atoms with van der Waals surface area (Å²) in [7, 11) is -3.15. The minimum absolute atomic E-state index is 0.0920. The smallest absolute Gasteiger partial charge is 0.230 e. The molecular formula is C12H14BrClN2O3S2. The van der Waals surface area contributed by atoms with E-state index in [1.54, 1.807) is 6.07 Å². The van der Waals surface area contributed by atoms with E-state index in [0.29, 0.717) is 5.69 Å². The van der Waals surface area contributed by atoms with Crippen molar-refractivity contribution in [3.05, 3.63) is 22.7 Å². The van der Waals surface area contributed by atoms with Crippen LogP contribution in [0.15, 0.2) is 27.6 Å². The molecule has 1 saturated heterocycles. The summed E-state index contributed by atoms with van der Waals surface area (Å²) in [5, 5.41) is 2.10. The molecule has 116 valence electrons. The number of hydrogen-bond acceptors (Lipinski definition) is 5. The lowest BCUT2D eigenvalue weighted by Gasteiger charge is -2.14. The summed E-state index contributed by atoms with van der Waals surface area (Å²) in [6.07, 6.45) is 0. The summed E-state index contributed by atoms with van der Waals surface area (Å²) in [4.78, 5) is 12.7. The van der Waals surface area contributed by atoms with Crippen LogP contribution in [-0.4, -0.2) is 43.0 Å². The first-order valence-corrected chi connectivity index (χ1v) is 10.1. The van der Waals surface area contributed by atoms with Crippen LogP contribution in [0, 0.1) is 0 Å². The molecule has 3 N–H and O–H groups in total. The number of carbonyl (C=O) groups is 1. The van der Waals surface area contributed by atoms with Gasteiger partial charge in [-0.1, -0.05) is 15.9 Å². The van der Waals surface area contributed by atoms with Gasteiger partial charge in [-0.3, -0.25) is 4.79 Å². The van der Waals surface area contributed by atoms with Crippen LogP contribution >= 0.6 is 39.3 Å². The van der Waals surface area contributed by atoms with E-state index >= 15 is 0 Å². The van der Waals surface area contributed by atoms with E-state index < -0.39 is 21.3 Å². The summed E-state index contributed by atoms with van der Waals surface area (Å²) in [5.41, 5.74) is 6.42. The van der Waals surface area contributed by atoms with Crippen molar-refractivity contribution in [2.24, 2.45) is 0 Å². The summed E-state index contributed by atoms with van der Waals surface area (Å²) < 4.78 is 23.7. The Morgan fingerprint density at radius 2 is 2.19 bits per heavy atom. The predicted octanol–water partition coefficient (Wildman–Crippen LogP) is 1.64. The number of amides is 1. The fourth-order valence-corrected chi connectivity index (χ4v) is 5.84. The number of halogens is 2. The van der Waals surface area contributed by atoms with Gasteiger partial charge in [0.2, 0.25) is 5.91 Å². The first-order valence-electron chi connectivity index (χ1n) is 6.08. The summed E-state index contributed by atoms with van der Waals surface area (Å²) >= 11 is 10.6.